The van der Waals surface area contributed by atoms with Gasteiger partial charge in [-0.2, -0.15) is 0 Å². The van der Waals surface area contributed by atoms with Crippen LogP contribution in [0.4, 0.5) is 14.5 Å². The van der Waals surface area contributed by atoms with Gasteiger partial charge in [0.05, 0.1) is 31.3 Å². The minimum absolute atomic E-state index is 0.0327. The predicted molar refractivity (Wildman–Crippen MR) is 87.6 cm³/mol. The lowest BCUT2D eigenvalue weighted by Gasteiger charge is -2.18. The van der Waals surface area contributed by atoms with Crippen molar-refractivity contribution in [1.29, 1.82) is 0 Å². The summed E-state index contributed by atoms with van der Waals surface area (Å²) in [5.74, 6) is -1.14. The second kappa shape index (κ2) is 6.69. The van der Waals surface area contributed by atoms with E-state index in [0.29, 0.717) is 10.6 Å². The molecule has 0 saturated heterocycles. The first-order valence-electron chi connectivity index (χ1n) is 5.85. The van der Waals surface area contributed by atoms with E-state index in [1.54, 1.807) is 19.1 Å². The van der Waals surface area contributed by atoms with Crippen molar-refractivity contribution in [2.45, 2.75) is 13.0 Å². The summed E-state index contributed by atoms with van der Waals surface area (Å²) in [7, 11) is 0. The van der Waals surface area contributed by atoms with E-state index in [-0.39, 0.29) is 26.2 Å². The fourth-order valence-corrected chi connectivity index (χ4v) is 2.84. The minimum atomic E-state index is -0.577. The van der Waals surface area contributed by atoms with Crippen molar-refractivity contribution in [3.05, 3.63) is 61.0 Å². The molecule has 7 heteroatoms. The van der Waals surface area contributed by atoms with Crippen LogP contribution in [-0.2, 0) is 0 Å². The lowest BCUT2D eigenvalue weighted by Crippen LogP contribution is -2.09. The zero-order valence-electron chi connectivity index (χ0n) is 10.7. The molecule has 1 unspecified atom stereocenters. The van der Waals surface area contributed by atoms with E-state index in [1.807, 2.05) is 0 Å². The van der Waals surface area contributed by atoms with E-state index in [0.717, 1.165) is 12.1 Å². The molecule has 0 amide bonds. The molecule has 21 heavy (non-hydrogen) atoms. The Hall–Kier alpha value is -0.550. The molecule has 0 aromatic heterocycles. The number of hydrogen-bond donors (Lipinski definition) is 1. The molecule has 0 radical (unpaired) electrons. The van der Waals surface area contributed by atoms with Gasteiger partial charge in [-0.1, -0.05) is 40.9 Å². The Kier molecular flexibility index (Phi) is 5.36. The average molecular weight is 415 g/mol. The topological polar surface area (TPSA) is 12.0 Å². The summed E-state index contributed by atoms with van der Waals surface area (Å²) in [5.41, 5.74) is 0.666. The molecule has 0 heterocycles. The Labute approximate surface area is 144 Å². The largest absolute Gasteiger partial charge is 0.376 e. The summed E-state index contributed by atoms with van der Waals surface area (Å²) in [4.78, 5) is 0. The molecule has 0 saturated carbocycles. The molecule has 0 aliphatic heterocycles. The Balaban J connectivity index is 2.32. The van der Waals surface area contributed by atoms with Gasteiger partial charge >= 0.3 is 0 Å². The van der Waals surface area contributed by atoms with Crippen molar-refractivity contribution < 1.29 is 8.78 Å². The van der Waals surface area contributed by atoms with Crippen LogP contribution in [0, 0.1) is 11.6 Å². The SMILES string of the molecule is CC(Nc1cc(F)c(Br)cc1F)c1ccc(Cl)c(Cl)c1Cl. The lowest BCUT2D eigenvalue weighted by molar-refractivity contribution is 0.595. The Morgan fingerprint density at radius 1 is 1.05 bits per heavy atom. The summed E-state index contributed by atoms with van der Waals surface area (Å²) in [6, 6.07) is 5.02. The second-order valence-electron chi connectivity index (χ2n) is 4.38. The molecule has 1 N–H and O–H groups in total. The van der Waals surface area contributed by atoms with Gasteiger partial charge in [0, 0.05) is 6.07 Å². The van der Waals surface area contributed by atoms with Crippen LogP contribution in [0.5, 0.6) is 0 Å². The van der Waals surface area contributed by atoms with Crippen LogP contribution < -0.4 is 5.32 Å². The van der Waals surface area contributed by atoms with E-state index in [4.69, 9.17) is 34.8 Å². The summed E-state index contributed by atoms with van der Waals surface area (Å²) in [5, 5.41) is 3.70. The fourth-order valence-electron chi connectivity index (χ4n) is 1.82. The Bertz CT molecular complexity index is 694. The van der Waals surface area contributed by atoms with Gasteiger partial charge in [0.15, 0.2) is 0 Å². The summed E-state index contributed by atoms with van der Waals surface area (Å²) < 4.78 is 27.4. The molecular formula is C14H9BrCl3F2N. The van der Waals surface area contributed by atoms with Crippen molar-refractivity contribution in [3.63, 3.8) is 0 Å². The van der Waals surface area contributed by atoms with Gasteiger partial charge in [0.1, 0.15) is 11.6 Å². The molecule has 0 aliphatic carbocycles. The third-order valence-corrected chi connectivity index (χ3v) is 4.83. The Morgan fingerprint density at radius 2 is 1.71 bits per heavy atom. The van der Waals surface area contributed by atoms with E-state index < -0.39 is 11.6 Å². The smallest absolute Gasteiger partial charge is 0.147 e. The van der Waals surface area contributed by atoms with E-state index in [9.17, 15) is 8.78 Å². The van der Waals surface area contributed by atoms with Gasteiger partial charge in [-0.25, -0.2) is 8.78 Å². The van der Waals surface area contributed by atoms with Crippen molar-refractivity contribution in [2.75, 3.05) is 5.32 Å². The number of nitrogens with one attached hydrogen (secondary N) is 1. The number of hydrogen-bond acceptors (Lipinski definition) is 1. The molecule has 0 spiro atoms. The van der Waals surface area contributed by atoms with E-state index in [2.05, 4.69) is 21.2 Å². The molecule has 2 aromatic carbocycles. The second-order valence-corrected chi connectivity index (χ2v) is 6.39. The number of halogens is 6. The van der Waals surface area contributed by atoms with Crippen molar-refractivity contribution in [3.8, 4) is 0 Å². The van der Waals surface area contributed by atoms with Crippen LogP contribution >= 0.6 is 50.7 Å². The highest BCUT2D eigenvalue weighted by Gasteiger charge is 2.16. The molecule has 112 valence electrons. The standard InChI is InChI=1S/C14H9BrCl3F2N/c1-6(7-2-3-9(16)14(18)13(7)17)21-12-5-10(19)8(15)4-11(12)20/h2-6,21H,1H3. The monoisotopic (exact) mass is 413 g/mol. The quantitative estimate of drug-likeness (QED) is 0.426. The highest BCUT2D eigenvalue weighted by molar-refractivity contribution is 9.10. The maximum Gasteiger partial charge on any atom is 0.147 e. The zero-order valence-corrected chi connectivity index (χ0v) is 14.5. The fraction of sp³-hybridized carbons (Fsp3) is 0.143. The van der Waals surface area contributed by atoms with Crippen LogP contribution in [0.15, 0.2) is 28.7 Å². The van der Waals surface area contributed by atoms with Crippen molar-refractivity contribution in [1.82, 2.24) is 0 Å². The molecule has 0 bridgehead atoms. The number of anilines is 1. The van der Waals surface area contributed by atoms with Crippen molar-refractivity contribution >= 4 is 56.4 Å². The molecule has 2 rings (SSSR count). The molecule has 2 aromatic rings. The molecule has 0 fully saturated rings. The normalized spacial score (nSPS) is 12.3. The van der Waals surface area contributed by atoms with Crippen LogP contribution in [0.3, 0.4) is 0 Å². The van der Waals surface area contributed by atoms with Gasteiger partial charge in [0.2, 0.25) is 0 Å². The minimum Gasteiger partial charge on any atom is -0.376 e. The van der Waals surface area contributed by atoms with Crippen LogP contribution in [0.25, 0.3) is 0 Å². The lowest BCUT2D eigenvalue weighted by atomic mass is 10.1. The molecule has 1 atom stereocenters. The third-order valence-electron chi connectivity index (χ3n) is 2.91. The summed E-state index contributed by atoms with van der Waals surface area (Å²) in [6.07, 6.45) is 0. The first-order chi connectivity index (χ1) is 9.81. The van der Waals surface area contributed by atoms with Gasteiger partial charge in [-0.3, -0.25) is 0 Å². The van der Waals surface area contributed by atoms with Gasteiger partial charge in [0.25, 0.3) is 0 Å². The molecule has 1 nitrogen and oxygen atoms in total. The van der Waals surface area contributed by atoms with Gasteiger partial charge in [-0.15, -0.1) is 0 Å². The first kappa shape index (κ1) is 16.8. The van der Waals surface area contributed by atoms with Crippen LogP contribution in [0.1, 0.15) is 18.5 Å². The average Bonchev–Trinajstić information content (AvgIpc) is 2.42. The third kappa shape index (κ3) is 3.62. The molecule has 0 aliphatic rings. The number of benzene rings is 2. The summed E-state index contributed by atoms with van der Waals surface area (Å²) >= 11 is 20.9. The molecular weight excluding hydrogens is 406 g/mol. The highest BCUT2D eigenvalue weighted by atomic mass is 79.9. The summed E-state index contributed by atoms with van der Waals surface area (Å²) in [6.45, 7) is 1.75. The van der Waals surface area contributed by atoms with Crippen molar-refractivity contribution in [2.24, 2.45) is 0 Å². The van der Waals surface area contributed by atoms with Gasteiger partial charge in [-0.05, 0) is 40.5 Å². The number of rotatable bonds is 3. The maximum absolute atomic E-state index is 13.8. The Morgan fingerprint density at radius 3 is 2.38 bits per heavy atom. The van der Waals surface area contributed by atoms with E-state index in [1.165, 1.54) is 0 Å². The van der Waals surface area contributed by atoms with Crippen LogP contribution in [-0.4, -0.2) is 0 Å². The zero-order chi connectivity index (χ0) is 15.7. The van der Waals surface area contributed by atoms with E-state index >= 15 is 0 Å². The van der Waals surface area contributed by atoms with Gasteiger partial charge < -0.3 is 5.32 Å². The predicted octanol–water partition coefficient (Wildman–Crippen LogP) is 6.86. The maximum atomic E-state index is 13.8. The highest BCUT2D eigenvalue weighted by Crippen LogP contribution is 2.36. The first-order valence-corrected chi connectivity index (χ1v) is 7.78. The van der Waals surface area contributed by atoms with Crippen LogP contribution in [0.2, 0.25) is 15.1 Å².